The number of rotatable bonds is 1. The lowest BCUT2D eigenvalue weighted by atomic mass is 9.43. The maximum absolute atomic E-state index is 14.6. The van der Waals surface area contributed by atoms with Gasteiger partial charge in [-0.2, -0.15) is 0 Å². The van der Waals surface area contributed by atoms with Crippen molar-refractivity contribution in [2.24, 2.45) is 5.41 Å². The highest BCUT2D eigenvalue weighted by Gasteiger charge is 2.69. The van der Waals surface area contributed by atoms with E-state index in [9.17, 15) is 4.79 Å². The normalized spacial score (nSPS) is 22.5. The summed E-state index contributed by atoms with van der Waals surface area (Å²) in [5, 5.41) is 7.90. The van der Waals surface area contributed by atoms with Crippen molar-refractivity contribution in [3.05, 3.63) is 178 Å². The molecule has 0 radical (unpaired) electrons. The van der Waals surface area contributed by atoms with Crippen molar-refractivity contribution in [2.45, 2.75) is 55.8 Å². The van der Waals surface area contributed by atoms with E-state index in [1.54, 1.807) is 0 Å². The number of para-hydroxylation sites is 2. The van der Waals surface area contributed by atoms with Crippen LogP contribution in [-0.2, 0) is 11.8 Å². The molecule has 264 valence electrons. The Hall–Kier alpha value is -6.19. The molecule has 3 atom stereocenters. The Balaban J connectivity index is 1.14. The summed E-state index contributed by atoms with van der Waals surface area (Å²) < 4.78 is 5.09. The lowest BCUT2D eigenvalue weighted by Gasteiger charge is -2.58. The Morgan fingerprint density at radius 2 is 1.27 bits per heavy atom. The van der Waals surface area contributed by atoms with Crippen LogP contribution in [-0.4, -0.2) is 14.8 Å². The van der Waals surface area contributed by atoms with Gasteiger partial charge in [0.1, 0.15) is 0 Å². The molecule has 0 aliphatic heterocycles. The molecule has 15 rings (SSSR count). The van der Waals surface area contributed by atoms with Gasteiger partial charge >= 0.3 is 0 Å². The molecule has 2 spiro atoms. The number of hydrogen-bond acceptors (Lipinski definition) is 1. The van der Waals surface area contributed by atoms with E-state index < -0.39 is 0 Å². The predicted octanol–water partition coefficient (Wildman–Crippen LogP) is 12.5. The van der Waals surface area contributed by atoms with E-state index in [-0.39, 0.29) is 10.8 Å². The standard InChI is InChI=1S/C53H36N2O/c56-51-35-27-43-37(25-29(35)28-52(51)23-11-2-12-24-52)46-49-36(31-15-7-10-20-41(31)54(49)30-13-3-1-4-14-30)26-38-44-42(55(43)50(38)46)22-21-34-45(44)48-33-17-6-9-19-40(33)53(48)39-18-8-5-16-32(39)47(34)53/h1,3-10,13-22,25-27,47-48H,2,11-12,23-24,28H2. The molecule has 0 saturated heterocycles. The van der Waals surface area contributed by atoms with E-state index in [1.807, 2.05) is 0 Å². The summed E-state index contributed by atoms with van der Waals surface area (Å²) >= 11 is 0. The molecule has 5 aliphatic rings. The zero-order valence-electron chi connectivity index (χ0n) is 30.9. The number of carbonyl (C=O) groups excluding carboxylic acids is 1. The van der Waals surface area contributed by atoms with Gasteiger partial charge in [0.05, 0.1) is 27.6 Å². The van der Waals surface area contributed by atoms with Crippen LogP contribution in [0.4, 0.5) is 0 Å². The van der Waals surface area contributed by atoms with Crippen molar-refractivity contribution in [3.8, 4) is 5.69 Å². The first-order chi connectivity index (χ1) is 27.7. The third kappa shape index (κ3) is 2.94. The average Bonchev–Trinajstić information content (AvgIpc) is 3.97. The zero-order valence-corrected chi connectivity index (χ0v) is 30.9. The third-order valence-electron chi connectivity index (χ3n) is 15.7. The first-order valence-electron chi connectivity index (χ1n) is 20.7. The van der Waals surface area contributed by atoms with Gasteiger partial charge in [-0.25, -0.2) is 0 Å². The van der Waals surface area contributed by atoms with Crippen LogP contribution in [0.25, 0.3) is 65.6 Å². The Morgan fingerprint density at radius 1 is 0.536 bits per heavy atom. The lowest BCUT2D eigenvalue weighted by Crippen LogP contribution is -2.52. The van der Waals surface area contributed by atoms with Crippen LogP contribution in [0, 0.1) is 5.41 Å². The van der Waals surface area contributed by atoms with E-state index in [2.05, 4.69) is 142 Å². The maximum atomic E-state index is 14.6. The van der Waals surface area contributed by atoms with Gasteiger partial charge in [0.25, 0.3) is 0 Å². The predicted molar refractivity (Wildman–Crippen MR) is 226 cm³/mol. The second-order valence-corrected chi connectivity index (χ2v) is 17.8. The molecule has 7 aromatic carbocycles. The summed E-state index contributed by atoms with van der Waals surface area (Å²) in [5.74, 6) is 1.07. The molecule has 3 heterocycles. The molecule has 3 heteroatoms. The topological polar surface area (TPSA) is 26.4 Å². The molecule has 3 nitrogen and oxygen atoms in total. The first kappa shape index (κ1) is 29.1. The zero-order chi connectivity index (χ0) is 36.2. The van der Waals surface area contributed by atoms with Crippen LogP contribution < -0.4 is 0 Å². The highest BCUT2D eigenvalue weighted by atomic mass is 16.1. The lowest BCUT2D eigenvalue weighted by molar-refractivity contribution is 0.0748. The minimum atomic E-state index is -0.224. The van der Waals surface area contributed by atoms with Crippen LogP contribution >= 0.6 is 0 Å². The van der Waals surface area contributed by atoms with Gasteiger partial charge < -0.3 is 8.97 Å². The molecule has 0 bridgehead atoms. The van der Waals surface area contributed by atoms with Gasteiger partial charge in [-0.15, -0.1) is 0 Å². The highest BCUT2D eigenvalue weighted by Crippen LogP contribution is 2.78. The fourth-order valence-corrected chi connectivity index (χ4v) is 13.7. The number of ketones is 1. The second-order valence-electron chi connectivity index (χ2n) is 17.8. The van der Waals surface area contributed by atoms with Crippen LogP contribution in [0.2, 0.25) is 0 Å². The monoisotopic (exact) mass is 716 g/mol. The summed E-state index contributed by atoms with van der Waals surface area (Å²) in [6.45, 7) is 0. The Kier molecular flexibility index (Phi) is 4.90. The van der Waals surface area contributed by atoms with E-state index >= 15 is 0 Å². The van der Waals surface area contributed by atoms with Gasteiger partial charge in [-0.3, -0.25) is 4.79 Å². The number of hydrogen-bond donors (Lipinski definition) is 0. The summed E-state index contributed by atoms with van der Waals surface area (Å²) in [4.78, 5) is 14.6. The minimum absolute atomic E-state index is 0.00191. The van der Waals surface area contributed by atoms with Crippen molar-refractivity contribution in [3.63, 3.8) is 0 Å². The van der Waals surface area contributed by atoms with Crippen molar-refractivity contribution < 1.29 is 4.79 Å². The fourth-order valence-electron chi connectivity index (χ4n) is 13.7. The minimum Gasteiger partial charge on any atom is -0.309 e. The highest BCUT2D eigenvalue weighted by molar-refractivity contribution is 6.35. The molecule has 0 N–H and O–H groups in total. The van der Waals surface area contributed by atoms with Crippen LogP contribution in [0.15, 0.2) is 133 Å². The van der Waals surface area contributed by atoms with Gasteiger partial charge in [0, 0.05) is 66.2 Å². The molecule has 0 amide bonds. The summed E-state index contributed by atoms with van der Waals surface area (Å²) in [6.07, 6.45) is 6.48. The van der Waals surface area contributed by atoms with Crippen molar-refractivity contribution >= 4 is 65.7 Å². The number of nitrogens with zero attached hydrogens (tertiary/aromatic N) is 2. The number of fused-ring (bicyclic) bond motifs is 19. The molecule has 3 unspecified atom stereocenters. The molecule has 10 aromatic rings. The fraction of sp³-hybridized carbons (Fsp3) is 0.189. The average molecular weight is 717 g/mol. The molecule has 5 aliphatic carbocycles. The Morgan fingerprint density at radius 3 is 2.09 bits per heavy atom. The molecule has 56 heavy (non-hydrogen) atoms. The summed E-state index contributed by atoms with van der Waals surface area (Å²) in [5.41, 5.74) is 18.4. The second kappa shape index (κ2) is 9.42. The number of carbonyl (C=O) groups is 1. The SMILES string of the molecule is O=C1c2cc3c(cc2CC12CCCCC2)c1c2c(cc4c5c6c(ccc5n3c41)C1c3ccccc3C13c1ccccc1C63)c1ccccc1n2-c1ccccc1. The van der Waals surface area contributed by atoms with Crippen molar-refractivity contribution in [1.29, 1.82) is 0 Å². The quantitative estimate of drug-likeness (QED) is 0.166. The van der Waals surface area contributed by atoms with E-state index in [4.69, 9.17) is 0 Å². The van der Waals surface area contributed by atoms with Crippen molar-refractivity contribution in [1.82, 2.24) is 8.97 Å². The number of aromatic nitrogens is 2. The summed E-state index contributed by atoms with van der Waals surface area (Å²) in [7, 11) is 0. The summed E-state index contributed by atoms with van der Waals surface area (Å²) in [6, 6.07) is 50.6. The van der Waals surface area contributed by atoms with Gasteiger partial charge in [0.15, 0.2) is 5.78 Å². The van der Waals surface area contributed by atoms with Gasteiger partial charge in [-0.05, 0) is 101 Å². The number of Topliss-reactive ketones (excluding diaryl/α,β-unsaturated/α-hetero) is 1. The van der Waals surface area contributed by atoms with E-state index in [0.717, 1.165) is 37.7 Å². The molecule has 1 saturated carbocycles. The van der Waals surface area contributed by atoms with Gasteiger partial charge in [-0.1, -0.05) is 110 Å². The Labute approximate surface area is 323 Å². The molecule has 1 fully saturated rings. The van der Waals surface area contributed by atoms with Gasteiger partial charge in [0.2, 0.25) is 0 Å². The first-order valence-corrected chi connectivity index (χ1v) is 20.7. The Bertz CT molecular complexity index is 3460. The van der Waals surface area contributed by atoms with E-state index in [1.165, 1.54) is 111 Å². The van der Waals surface area contributed by atoms with E-state index in [0.29, 0.717) is 17.6 Å². The third-order valence-corrected chi connectivity index (χ3v) is 15.7. The molecular weight excluding hydrogens is 681 g/mol. The van der Waals surface area contributed by atoms with Crippen LogP contribution in [0.1, 0.15) is 93.2 Å². The molecular formula is C53H36N2O. The molecule has 3 aromatic heterocycles. The van der Waals surface area contributed by atoms with Crippen LogP contribution in [0.3, 0.4) is 0 Å². The maximum Gasteiger partial charge on any atom is 0.169 e. The number of benzene rings is 7. The van der Waals surface area contributed by atoms with Crippen LogP contribution in [0.5, 0.6) is 0 Å². The van der Waals surface area contributed by atoms with Crippen molar-refractivity contribution in [2.75, 3.05) is 0 Å². The smallest absolute Gasteiger partial charge is 0.169 e. The largest absolute Gasteiger partial charge is 0.309 e.